The number of nitrogens with zero attached hydrogens (tertiary/aromatic N) is 3. The molecule has 0 bridgehead atoms. The molecule has 0 amide bonds. The Kier molecular flexibility index (Phi) is 5.12. The molecule has 84 valence electrons. The Morgan fingerprint density at radius 1 is 1.44 bits per heavy atom. The summed E-state index contributed by atoms with van der Waals surface area (Å²) in [5.41, 5.74) is 3.16. The lowest BCUT2D eigenvalue weighted by Crippen LogP contribution is -1.82. The van der Waals surface area contributed by atoms with Crippen molar-refractivity contribution in [3.63, 3.8) is 0 Å². The van der Waals surface area contributed by atoms with Crippen LogP contribution in [0.25, 0.3) is 0 Å². The third-order valence-corrected chi connectivity index (χ3v) is 2.02. The Hall–Kier alpha value is -1.77. The highest BCUT2D eigenvalue weighted by molar-refractivity contribution is 5.96. The van der Waals surface area contributed by atoms with E-state index in [-0.39, 0.29) is 0 Å². The molecule has 1 heterocycles. The van der Waals surface area contributed by atoms with Crippen LogP contribution in [-0.2, 0) is 0 Å². The van der Waals surface area contributed by atoms with Gasteiger partial charge in [-0.2, -0.15) is 0 Å². The maximum absolute atomic E-state index is 4.30. The van der Waals surface area contributed by atoms with E-state index in [1.165, 1.54) is 0 Å². The molecule has 0 aliphatic carbocycles. The number of hydrogen-bond acceptors (Lipinski definition) is 3. The van der Waals surface area contributed by atoms with Gasteiger partial charge in [0, 0.05) is 31.4 Å². The van der Waals surface area contributed by atoms with Crippen LogP contribution in [0.2, 0.25) is 0 Å². The van der Waals surface area contributed by atoms with Gasteiger partial charge in [0.15, 0.2) is 0 Å². The van der Waals surface area contributed by atoms with Gasteiger partial charge in [0.2, 0.25) is 0 Å². The smallest absolute Gasteiger partial charge is 0.0582 e. The zero-order chi connectivity index (χ0) is 11.8. The monoisotopic (exact) mass is 215 g/mol. The van der Waals surface area contributed by atoms with E-state index in [2.05, 4.69) is 15.0 Å². The van der Waals surface area contributed by atoms with Crippen molar-refractivity contribution in [2.24, 2.45) is 15.0 Å². The van der Waals surface area contributed by atoms with E-state index < -0.39 is 0 Å². The lowest BCUT2D eigenvalue weighted by molar-refractivity contribution is 1.24. The van der Waals surface area contributed by atoms with E-state index in [1.807, 2.05) is 38.3 Å². The summed E-state index contributed by atoms with van der Waals surface area (Å²) in [6.07, 6.45) is 11.5. The van der Waals surface area contributed by atoms with E-state index in [1.54, 1.807) is 19.5 Å². The highest BCUT2D eigenvalue weighted by atomic mass is 14.7. The molecule has 0 spiro atoms. The minimum absolute atomic E-state index is 0.722. The molecule has 0 saturated heterocycles. The molecule has 0 saturated carbocycles. The molecule has 3 heteroatoms. The molecule has 1 rings (SSSR count). The Morgan fingerprint density at radius 3 is 3.00 bits per heavy atom. The molecule has 0 aromatic rings. The zero-order valence-corrected chi connectivity index (χ0v) is 10.0. The molecule has 0 fully saturated rings. The number of hydrogen-bond donors (Lipinski definition) is 0. The first-order valence-corrected chi connectivity index (χ1v) is 5.24. The second-order valence-corrected chi connectivity index (χ2v) is 3.56. The minimum Gasteiger partial charge on any atom is -0.296 e. The van der Waals surface area contributed by atoms with Crippen molar-refractivity contribution in [2.45, 2.75) is 13.8 Å². The Morgan fingerprint density at radius 2 is 2.25 bits per heavy atom. The summed E-state index contributed by atoms with van der Waals surface area (Å²) in [4.78, 5) is 12.4. The summed E-state index contributed by atoms with van der Waals surface area (Å²) in [7, 11) is 1.75. The van der Waals surface area contributed by atoms with E-state index in [0.29, 0.717) is 0 Å². The van der Waals surface area contributed by atoms with Crippen LogP contribution in [0.1, 0.15) is 13.8 Å². The molecule has 16 heavy (non-hydrogen) atoms. The molecule has 0 unspecified atom stereocenters. The van der Waals surface area contributed by atoms with Crippen molar-refractivity contribution in [1.82, 2.24) is 0 Å². The predicted molar refractivity (Wildman–Crippen MR) is 71.9 cm³/mol. The second-order valence-electron chi connectivity index (χ2n) is 3.56. The first-order chi connectivity index (χ1) is 7.72. The van der Waals surface area contributed by atoms with Crippen LogP contribution < -0.4 is 0 Å². The second kappa shape index (κ2) is 6.67. The molecule has 0 atom stereocenters. The van der Waals surface area contributed by atoms with Gasteiger partial charge in [-0.3, -0.25) is 15.0 Å². The van der Waals surface area contributed by atoms with Gasteiger partial charge in [-0.1, -0.05) is 12.2 Å². The molecule has 1 aliphatic heterocycles. The SMILES string of the molecule is CN=C/C(C)=C\N=CC1=CCN=C(C)C=C1. The summed E-state index contributed by atoms with van der Waals surface area (Å²) in [5.74, 6) is 0. The summed E-state index contributed by atoms with van der Waals surface area (Å²) in [6, 6.07) is 0. The predicted octanol–water partition coefficient (Wildman–Crippen LogP) is 2.62. The van der Waals surface area contributed by atoms with Crippen molar-refractivity contribution < 1.29 is 0 Å². The molecular weight excluding hydrogens is 198 g/mol. The largest absolute Gasteiger partial charge is 0.296 e. The molecule has 0 aromatic heterocycles. The van der Waals surface area contributed by atoms with Gasteiger partial charge in [0.25, 0.3) is 0 Å². The van der Waals surface area contributed by atoms with E-state index in [0.717, 1.165) is 23.4 Å². The van der Waals surface area contributed by atoms with Crippen LogP contribution in [0.5, 0.6) is 0 Å². The van der Waals surface area contributed by atoms with Gasteiger partial charge in [-0.15, -0.1) is 0 Å². The summed E-state index contributed by atoms with van der Waals surface area (Å²) in [6.45, 7) is 4.68. The fourth-order valence-corrected chi connectivity index (χ4v) is 1.21. The van der Waals surface area contributed by atoms with Crippen LogP contribution in [0, 0.1) is 0 Å². The fourth-order valence-electron chi connectivity index (χ4n) is 1.21. The standard InChI is InChI=1S/C13H17N3/c1-11(8-14-3)9-15-10-13-5-4-12(2)16-7-6-13/h4-6,8-10H,7H2,1-3H3/b11-9-,14-8?,15-10?. The Bertz CT molecular complexity index is 407. The van der Waals surface area contributed by atoms with Crippen molar-refractivity contribution in [3.8, 4) is 0 Å². The number of rotatable bonds is 3. The molecule has 0 N–H and O–H groups in total. The fraction of sp³-hybridized carbons (Fsp3) is 0.308. The zero-order valence-electron chi connectivity index (χ0n) is 10.0. The Balaban J connectivity index is 2.62. The third-order valence-electron chi connectivity index (χ3n) is 2.02. The summed E-state index contributed by atoms with van der Waals surface area (Å²) in [5, 5.41) is 0. The minimum atomic E-state index is 0.722. The van der Waals surface area contributed by atoms with Gasteiger partial charge in [0.1, 0.15) is 0 Å². The van der Waals surface area contributed by atoms with E-state index in [9.17, 15) is 0 Å². The average Bonchev–Trinajstić information content (AvgIpc) is 2.44. The lowest BCUT2D eigenvalue weighted by atomic mass is 10.2. The summed E-state index contributed by atoms with van der Waals surface area (Å²) < 4.78 is 0. The molecule has 0 aromatic carbocycles. The van der Waals surface area contributed by atoms with Crippen LogP contribution in [0.3, 0.4) is 0 Å². The van der Waals surface area contributed by atoms with Crippen molar-refractivity contribution in [1.29, 1.82) is 0 Å². The normalized spacial score (nSPS) is 17.8. The lowest BCUT2D eigenvalue weighted by Gasteiger charge is -1.89. The van der Waals surface area contributed by atoms with Gasteiger partial charge in [0.05, 0.1) is 6.54 Å². The highest BCUT2D eigenvalue weighted by Gasteiger charge is 1.92. The average molecular weight is 215 g/mol. The quantitative estimate of drug-likeness (QED) is 0.649. The van der Waals surface area contributed by atoms with Crippen LogP contribution >= 0.6 is 0 Å². The van der Waals surface area contributed by atoms with Crippen LogP contribution in [-0.4, -0.2) is 31.7 Å². The Labute approximate surface area is 96.7 Å². The first-order valence-electron chi connectivity index (χ1n) is 5.24. The molecular formula is C13H17N3. The molecule has 3 nitrogen and oxygen atoms in total. The maximum atomic E-state index is 4.30. The van der Waals surface area contributed by atoms with Crippen molar-refractivity contribution in [2.75, 3.05) is 13.6 Å². The molecule has 0 radical (unpaired) electrons. The topological polar surface area (TPSA) is 37.1 Å². The van der Waals surface area contributed by atoms with Gasteiger partial charge in [-0.25, -0.2) is 0 Å². The summed E-state index contributed by atoms with van der Waals surface area (Å²) >= 11 is 0. The maximum Gasteiger partial charge on any atom is 0.0582 e. The highest BCUT2D eigenvalue weighted by Crippen LogP contribution is 2.00. The van der Waals surface area contributed by atoms with Gasteiger partial charge < -0.3 is 0 Å². The van der Waals surface area contributed by atoms with E-state index in [4.69, 9.17) is 0 Å². The van der Waals surface area contributed by atoms with Crippen LogP contribution in [0.4, 0.5) is 0 Å². The van der Waals surface area contributed by atoms with Gasteiger partial charge in [-0.05, 0) is 31.1 Å². The first kappa shape index (κ1) is 12.3. The van der Waals surface area contributed by atoms with Gasteiger partial charge >= 0.3 is 0 Å². The third kappa shape index (κ3) is 4.64. The van der Waals surface area contributed by atoms with Crippen molar-refractivity contribution in [3.05, 3.63) is 35.6 Å². The number of allylic oxidation sites excluding steroid dienone is 4. The van der Waals surface area contributed by atoms with Crippen molar-refractivity contribution >= 4 is 18.1 Å². The molecule has 1 aliphatic rings. The van der Waals surface area contributed by atoms with E-state index >= 15 is 0 Å². The van der Waals surface area contributed by atoms with Crippen LogP contribution in [0.15, 0.2) is 50.6 Å². The number of aliphatic imine (C=N–C) groups is 3.